The summed E-state index contributed by atoms with van der Waals surface area (Å²) in [5, 5.41) is 16.5. The van der Waals surface area contributed by atoms with E-state index in [1.807, 2.05) is 97.5 Å². The summed E-state index contributed by atoms with van der Waals surface area (Å²) in [5.41, 5.74) is 1.09. The highest BCUT2D eigenvalue weighted by Gasteiger charge is 2.42. The van der Waals surface area contributed by atoms with Gasteiger partial charge in [-0.05, 0) is 110 Å². The zero-order valence-corrected chi connectivity index (χ0v) is 47.5. The van der Waals surface area contributed by atoms with Gasteiger partial charge in [0.2, 0.25) is 35.4 Å². The Balaban J connectivity index is 0.0000109. The Morgan fingerprint density at radius 3 is 1.25 bits per heavy atom. The van der Waals surface area contributed by atoms with E-state index in [2.05, 4.69) is 69.8 Å². The number of rotatable bonds is 25. The molecule has 4 N–H and O–H groups in total. The Labute approximate surface area is 461 Å². The number of nitrogens with one attached hydrogen (secondary N) is 4. The fraction of sp³-hybridized carbons (Fsp3) is 0.587. The molecular weight excluding hydrogens is 965 g/mol. The van der Waals surface area contributed by atoms with Crippen LogP contribution in [0.2, 0.25) is 0 Å². The molecule has 0 saturated carbocycles. The van der Waals surface area contributed by atoms with Crippen molar-refractivity contribution < 1.29 is 28.8 Å². The highest BCUT2D eigenvalue weighted by Crippen LogP contribution is 2.30. The Hall–Kier alpha value is -5.86. The quantitative estimate of drug-likeness (QED) is 0.0478. The van der Waals surface area contributed by atoms with Gasteiger partial charge in [0, 0.05) is 64.2 Å². The van der Waals surface area contributed by atoms with Crippen LogP contribution in [0.5, 0.6) is 0 Å². The van der Waals surface area contributed by atoms with Crippen molar-refractivity contribution in [2.45, 2.75) is 189 Å². The highest BCUT2D eigenvalue weighted by atomic mass is 16.2. The van der Waals surface area contributed by atoms with Crippen LogP contribution in [0.15, 0.2) is 84.9 Å². The standard InChI is InChI=1S/C62H90N8O6.CH4/c1-43(63-9)57(73)65-55(61(3,4)5)59(75)69-37-23-31-49(69)41-67(39-47-29-21-27-45-25-17-19-33-51(45)47)53(71)35-15-13-11-12-14-16-36-54(72)68(40-48-30-22-28-46-26-18-20-34-52(46)48)42-50-32-24-38-70(50)60(76)56(62(6,7)8)66-58(74)44(2)64-10;/h17-22,25-30,33-34,43-44,49-50,55-56,63-64H,11-16,23-24,31-32,35-42H2,1-10H3,(H,65,73)(H,66,74);1H4/t43-,44-,49-,50-,55+,56+;/m0./s1. The molecule has 2 fully saturated rings. The van der Waals surface area contributed by atoms with E-state index in [1.54, 1.807) is 27.9 Å². The normalized spacial score (nSPS) is 17.3. The second-order valence-corrected chi connectivity index (χ2v) is 23.7. The zero-order valence-electron chi connectivity index (χ0n) is 47.5. The molecule has 0 spiro atoms. The van der Waals surface area contributed by atoms with Crippen LogP contribution in [0.4, 0.5) is 0 Å². The number of nitrogens with zero attached hydrogens (tertiary/aromatic N) is 4. The number of unbranched alkanes of at least 4 members (excludes halogenated alkanes) is 5. The van der Waals surface area contributed by atoms with Crippen LogP contribution in [0.1, 0.15) is 151 Å². The van der Waals surface area contributed by atoms with Crippen LogP contribution in [0.3, 0.4) is 0 Å². The van der Waals surface area contributed by atoms with E-state index in [9.17, 15) is 28.8 Å². The average molecular weight is 1060 g/mol. The molecule has 2 aliphatic heterocycles. The van der Waals surface area contributed by atoms with Crippen molar-refractivity contribution in [3.05, 3.63) is 96.1 Å². The Morgan fingerprint density at radius 1 is 0.532 bits per heavy atom. The van der Waals surface area contributed by atoms with Gasteiger partial charge in [0.1, 0.15) is 12.1 Å². The molecule has 2 aliphatic rings. The first-order chi connectivity index (χ1) is 36.2. The van der Waals surface area contributed by atoms with Crippen LogP contribution < -0.4 is 21.3 Å². The number of hydrogen-bond acceptors (Lipinski definition) is 8. The SMILES string of the molecule is C.CN[C@@H](C)C(=O)N[C@H](C(=O)N1CCC[C@H]1CN(Cc1cccc2ccccc12)C(=O)CCCCCCCCC(=O)N(Cc1cccc2ccccc12)C[C@@H]1CCCN1C(=O)[C@@H](NC(=O)[C@H](C)NC)C(C)(C)C)C(C)(C)C. The highest BCUT2D eigenvalue weighted by molar-refractivity contribution is 5.92. The van der Waals surface area contributed by atoms with Crippen molar-refractivity contribution in [2.75, 3.05) is 40.3 Å². The smallest absolute Gasteiger partial charge is 0.246 e. The van der Waals surface area contributed by atoms with Gasteiger partial charge in [-0.1, -0.05) is 160 Å². The number of amides is 6. The van der Waals surface area contributed by atoms with Crippen molar-refractivity contribution in [2.24, 2.45) is 10.8 Å². The molecule has 14 heteroatoms. The lowest BCUT2D eigenvalue weighted by Crippen LogP contribution is -2.59. The van der Waals surface area contributed by atoms with Crippen LogP contribution in [0.25, 0.3) is 21.5 Å². The third kappa shape index (κ3) is 16.8. The molecule has 0 aromatic heterocycles. The molecule has 0 aliphatic carbocycles. The number of hydrogen-bond donors (Lipinski definition) is 4. The third-order valence-corrected chi connectivity index (χ3v) is 15.9. The molecular formula is C63H94N8O6. The van der Waals surface area contributed by atoms with Crippen molar-refractivity contribution in [3.63, 3.8) is 0 Å². The molecule has 4 aromatic rings. The molecule has 6 amide bonds. The third-order valence-electron chi connectivity index (χ3n) is 15.9. The molecule has 14 nitrogen and oxygen atoms in total. The maximum Gasteiger partial charge on any atom is 0.246 e. The minimum atomic E-state index is -0.715. The Kier molecular flexibility index (Phi) is 23.1. The van der Waals surface area contributed by atoms with E-state index >= 15 is 0 Å². The fourth-order valence-electron chi connectivity index (χ4n) is 10.9. The number of fused-ring (bicyclic) bond motifs is 2. The number of likely N-dealkylation sites (N-methyl/N-ethyl adjacent to an activating group) is 2. The maximum absolute atomic E-state index is 14.4. The second-order valence-electron chi connectivity index (χ2n) is 23.7. The molecule has 2 saturated heterocycles. The fourth-order valence-corrected chi connectivity index (χ4v) is 10.9. The Bertz CT molecular complexity index is 2420. The molecule has 6 atom stereocenters. The van der Waals surface area contributed by atoms with E-state index in [1.165, 1.54) is 0 Å². The molecule has 2 heterocycles. The van der Waals surface area contributed by atoms with Gasteiger partial charge >= 0.3 is 0 Å². The molecule has 0 radical (unpaired) electrons. The first-order valence-electron chi connectivity index (χ1n) is 28.3. The van der Waals surface area contributed by atoms with E-state index in [0.29, 0.717) is 52.1 Å². The van der Waals surface area contributed by atoms with Gasteiger partial charge in [-0.15, -0.1) is 0 Å². The van der Waals surface area contributed by atoms with Crippen molar-refractivity contribution in [1.29, 1.82) is 0 Å². The summed E-state index contributed by atoms with van der Waals surface area (Å²) in [6, 6.07) is 26.2. The van der Waals surface area contributed by atoms with E-state index in [-0.39, 0.29) is 55.0 Å². The molecule has 0 bridgehead atoms. The van der Waals surface area contributed by atoms with Crippen molar-refractivity contribution in [1.82, 2.24) is 40.9 Å². The first kappa shape index (κ1) is 62.0. The van der Waals surface area contributed by atoms with Gasteiger partial charge < -0.3 is 40.9 Å². The summed E-state index contributed by atoms with van der Waals surface area (Å²) >= 11 is 0. The molecule has 4 aromatic carbocycles. The van der Waals surface area contributed by atoms with Crippen LogP contribution in [-0.2, 0) is 41.9 Å². The largest absolute Gasteiger partial charge is 0.342 e. The summed E-state index contributed by atoms with van der Waals surface area (Å²) in [6.07, 6.45) is 9.14. The van der Waals surface area contributed by atoms with Crippen LogP contribution in [0, 0.1) is 10.8 Å². The topological polar surface area (TPSA) is 163 Å². The van der Waals surface area contributed by atoms with Gasteiger partial charge in [-0.25, -0.2) is 0 Å². The van der Waals surface area contributed by atoms with Crippen molar-refractivity contribution in [3.8, 4) is 0 Å². The number of benzene rings is 4. The van der Waals surface area contributed by atoms with Gasteiger partial charge in [-0.2, -0.15) is 0 Å². The lowest BCUT2D eigenvalue weighted by atomic mass is 9.85. The predicted octanol–water partition coefficient (Wildman–Crippen LogP) is 9.37. The molecule has 77 heavy (non-hydrogen) atoms. The summed E-state index contributed by atoms with van der Waals surface area (Å²) < 4.78 is 0. The molecule has 6 rings (SSSR count). The number of likely N-dealkylation sites (tertiary alicyclic amines) is 2. The summed E-state index contributed by atoms with van der Waals surface area (Å²) in [6.45, 7) is 18.3. The molecule has 0 unspecified atom stereocenters. The lowest BCUT2D eigenvalue weighted by Gasteiger charge is -2.37. The van der Waals surface area contributed by atoms with E-state index in [0.717, 1.165) is 96.9 Å². The number of carbonyl (C=O) groups is 6. The Morgan fingerprint density at radius 2 is 0.883 bits per heavy atom. The van der Waals surface area contributed by atoms with E-state index < -0.39 is 35.0 Å². The monoisotopic (exact) mass is 1060 g/mol. The van der Waals surface area contributed by atoms with Gasteiger partial charge in [0.15, 0.2) is 0 Å². The van der Waals surface area contributed by atoms with E-state index in [4.69, 9.17) is 0 Å². The predicted molar refractivity (Wildman–Crippen MR) is 312 cm³/mol. The second kappa shape index (κ2) is 28.7. The van der Waals surface area contributed by atoms with Crippen LogP contribution in [-0.4, -0.2) is 132 Å². The van der Waals surface area contributed by atoms with Crippen molar-refractivity contribution >= 4 is 57.0 Å². The van der Waals surface area contributed by atoms with Crippen LogP contribution >= 0.6 is 0 Å². The summed E-state index contributed by atoms with van der Waals surface area (Å²) in [7, 11) is 3.45. The molecule has 422 valence electrons. The summed E-state index contributed by atoms with van der Waals surface area (Å²) in [5.74, 6) is -0.527. The van der Waals surface area contributed by atoms with Gasteiger partial charge in [0.05, 0.1) is 12.1 Å². The minimum absolute atomic E-state index is 0. The first-order valence-corrected chi connectivity index (χ1v) is 28.3. The number of carbonyl (C=O) groups excluding carboxylic acids is 6. The van der Waals surface area contributed by atoms with Gasteiger partial charge in [-0.3, -0.25) is 28.8 Å². The minimum Gasteiger partial charge on any atom is -0.342 e. The van der Waals surface area contributed by atoms with Gasteiger partial charge in [0.25, 0.3) is 0 Å². The summed E-state index contributed by atoms with van der Waals surface area (Å²) in [4.78, 5) is 91.4. The average Bonchev–Trinajstić information content (AvgIpc) is 4.08. The lowest BCUT2D eigenvalue weighted by molar-refractivity contribution is -0.142. The maximum atomic E-state index is 14.4. The zero-order chi connectivity index (χ0) is 55.2.